The summed E-state index contributed by atoms with van der Waals surface area (Å²) in [5, 5.41) is 19.1. The van der Waals surface area contributed by atoms with Gasteiger partial charge in [0, 0.05) is 0 Å². The molecule has 0 saturated carbocycles. The number of hydrogen-bond donors (Lipinski definition) is 2. The number of carbonyl (C=O) groups is 2. The first-order valence-electron chi connectivity index (χ1n) is 4.18. The predicted molar refractivity (Wildman–Crippen MR) is 49.7 cm³/mol. The number of Topliss-reactive ketones (excluding diaryl/α,β-unsaturated/α-hetero) is 1. The van der Waals surface area contributed by atoms with E-state index in [1.807, 2.05) is 0 Å². The van der Waals surface area contributed by atoms with Crippen LogP contribution in [0.3, 0.4) is 0 Å². The lowest BCUT2D eigenvalue weighted by molar-refractivity contribution is -0.130. The minimum absolute atomic E-state index is 0.0228. The van der Waals surface area contributed by atoms with E-state index in [-0.39, 0.29) is 11.4 Å². The molecule has 1 aliphatic carbocycles. The Hall–Kier alpha value is -1.42. The minimum Gasteiger partial charge on any atom is -0.508 e. The minimum atomic E-state index is -1.97. The van der Waals surface area contributed by atoms with Crippen molar-refractivity contribution in [1.82, 2.24) is 0 Å². The van der Waals surface area contributed by atoms with E-state index in [1.165, 1.54) is 6.92 Å². The molecule has 0 aromatic heterocycles. The van der Waals surface area contributed by atoms with Crippen LogP contribution in [-0.4, -0.2) is 27.4 Å². The second kappa shape index (κ2) is 3.06. The largest absolute Gasteiger partial charge is 0.508 e. The van der Waals surface area contributed by atoms with Crippen LogP contribution in [0.15, 0.2) is 23.0 Å². The van der Waals surface area contributed by atoms with Crippen LogP contribution in [0.5, 0.6) is 0 Å². The van der Waals surface area contributed by atoms with Crippen molar-refractivity contribution in [2.45, 2.75) is 26.4 Å². The Kier molecular flexibility index (Phi) is 2.33. The van der Waals surface area contributed by atoms with Gasteiger partial charge in [0.15, 0.2) is 17.2 Å². The Balaban J connectivity index is 3.40. The summed E-state index contributed by atoms with van der Waals surface area (Å²) in [7, 11) is 0. The van der Waals surface area contributed by atoms with E-state index in [4.69, 9.17) is 0 Å². The zero-order valence-electron chi connectivity index (χ0n) is 8.29. The zero-order chi connectivity index (χ0) is 11.1. The van der Waals surface area contributed by atoms with Gasteiger partial charge in [0.25, 0.3) is 0 Å². The molecule has 76 valence electrons. The number of carbonyl (C=O) groups excluding carboxylic acids is 2. The molecule has 1 aliphatic rings. The Morgan fingerprint density at radius 3 is 2.43 bits per heavy atom. The summed E-state index contributed by atoms with van der Waals surface area (Å²) in [6.45, 7) is 3.98. The maximum atomic E-state index is 11.3. The molecule has 1 atom stereocenters. The first kappa shape index (κ1) is 10.7. The van der Waals surface area contributed by atoms with Crippen molar-refractivity contribution in [3.05, 3.63) is 23.0 Å². The van der Waals surface area contributed by atoms with E-state index in [9.17, 15) is 19.8 Å². The van der Waals surface area contributed by atoms with Crippen LogP contribution < -0.4 is 0 Å². The molecule has 0 aliphatic heterocycles. The molecular formula is C10H12O4. The Bertz CT molecular complexity index is 372. The number of aliphatic hydroxyl groups excluding tert-OH is 1. The average Bonchev–Trinajstić information content (AvgIpc) is 2.00. The summed E-state index contributed by atoms with van der Waals surface area (Å²) in [6.07, 6.45) is 1.16. The van der Waals surface area contributed by atoms with Gasteiger partial charge < -0.3 is 10.2 Å². The maximum Gasteiger partial charge on any atom is 0.194 e. The highest BCUT2D eigenvalue weighted by molar-refractivity contribution is 6.08. The zero-order valence-corrected chi connectivity index (χ0v) is 8.29. The predicted octanol–water partition coefficient (Wildman–Crippen LogP) is 0.667. The molecule has 0 saturated heterocycles. The molecule has 0 bridgehead atoms. The van der Waals surface area contributed by atoms with E-state index in [0.29, 0.717) is 5.57 Å². The van der Waals surface area contributed by atoms with E-state index < -0.39 is 17.1 Å². The van der Waals surface area contributed by atoms with Crippen LogP contribution in [0.2, 0.25) is 0 Å². The Morgan fingerprint density at radius 2 is 2.00 bits per heavy atom. The fraction of sp³-hybridized carbons (Fsp3) is 0.400. The SMILES string of the molecule is CC(=O)C1=C(O)[C@](C)(O)C(=O)C=C1C. The molecule has 0 aromatic rings. The smallest absolute Gasteiger partial charge is 0.194 e. The van der Waals surface area contributed by atoms with Gasteiger partial charge in [-0.1, -0.05) is 0 Å². The molecule has 2 N–H and O–H groups in total. The first-order valence-corrected chi connectivity index (χ1v) is 4.18. The summed E-state index contributed by atoms with van der Waals surface area (Å²) in [6, 6.07) is 0. The Morgan fingerprint density at radius 1 is 1.50 bits per heavy atom. The summed E-state index contributed by atoms with van der Waals surface area (Å²) < 4.78 is 0. The van der Waals surface area contributed by atoms with Crippen molar-refractivity contribution >= 4 is 11.6 Å². The van der Waals surface area contributed by atoms with Crippen molar-refractivity contribution < 1.29 is 19.8 Å². The van der Waals surface area contributed by atoms with Gasteiger partial charge in [-0.05, 0) is 32.4 Å². The fourth-order valence-corrected chi connectivity index (χ4v) is 1.40. The van der Waals surface area contributed by atoms with Crippen molar-refractivity contribution in [3.63, 3.8) is 0 Å². The normalized spacial score (nSPS) is 27.7. The molecular weight excluding hydrogens is 184 g/mol. The third-order valence-corrected chi connectivity index (χ3v) is 2.27. The molecule has 0 spiro atoms. The number of allylic oxidation sites excluding steroid dienone is 2. The summed E-state index contributed by atoms with van der Waals surface area (Å²) in [4.78, 5) is 22.4. The van der Waals surface area contributed by atoms with E-state index in [1.54, 1.807) is 6.92 Å². The maximum absolute atomic E-state index is 11.3. The van der Waals surface area contributed by atoms with Crippen LogP contribution in [0.4, 0.5) is 0 Å². The highest BCUT2D eigenvalue weighted by Crippen LogP contribution is 2.29. The lowest BCUT2D eigenvalue weighted by Gasteiger charge is -2.26. The standard InChI is InChI=1S/C10H12O4/c1-5-4-7(12)10(3,14)9(13)8(5)6(2)11/h4,13-14H,1-3H3/t10-/m1/s1. The fourth-order valence-electron chi connectivity index (χ4n) is 1.40. The molecule has 0 amide bonds. The molecule has 4 heteroatoms. The summed E-state index contributed by atoms with van der Waals surface area (Å²) >= 11 is 0. The van der Waals surface area contributed by atoms with Gasteiger partial charge in [-0.3, -0.25) is 9.59 Å². The van der Waals surface area contributed by atoms with Crippen LogP contribution in [0.1, 0.15) is 20.8 Å². The van der Waals surface area contributed by atoms with Gasteiger partial charge in [0.1, 0.15) is 5.76 Å². The lowest BCUT2D eigenvalue weighted by Crippen LogP contribution is -2.40. The molecule has 1 rings (SSSR count). The third kappa shape index (κ3) is 1.37. The van der Waals surface area contributed by atoms with Gasteiger partial charge >= 0.3 is 0 Å². The number of rotatable bonds is 1. The number of ketones is 2. The highest BCUT2D eigenvalue weighted by Gasteiger charge is 2.40. The first-order chi connectivity index (χ1) is 6.28. The second-order valence-corrected chi connectivity index (χ2v) is 3.54. The van der Waals surface area contributed by atoms with Crippen LogP contribution in [0.25, 0.3) is 0 Å². The van der Waals surface area contributed by atoms with E-state index in [2.05, 4.69) is 0 Å². The van der Waals surface area contributed by atoms with Crippen molar-refractivity contribution in [3.8, 4) is 0 Å². The number of hydrogen-bond acceptors (Lipinski definition) is 4. The van der Waals surface area contributed by atoms with Gasteiger partial charge in [-0.2, -0.15) is 0 Å². The second-order valence-electron chi connectivity index (χ2n) is 3.54. The molecule has 0 heterocycles. The van der Waals surface area contributed by atoms with Crippen molar-refractivity contribution in [2.24, 2.45) is 0 Å². The van der Waals surface area contributed by atoms with Crippen molar-refractivity contribution in [1.29, 1.82) is 0 Å². The third-order valence-electron chi connectivity index (χ3n) is 2.27. The van der Waals surface area contributed by atoms with Crippen LogP contribution in [-0.2, 0) is 9.59 Å². The van der Waals surface area contributed by atoms with Crippen LogP contribution in [0, 0.1) is 0 Å². The van der Waals surface area contributed by atoms with E-state index >= 15 is 0 Å². The van der Waals surface area contributed by atoms with Crippen LogP contribution >= 0.6 is 0 Å². The quantitative estimate of drug-likeness (QED) is 0.646. The lowest BCUT2D eigenvalue weighted by atomic mass is 9.84. The van der Waals surface area contributed by atoms with Crippen molar-refractivity contribution in [2.75, 3.05) is 0 Å². The topological polar surface area (TPSA) is 74.6 Å². The molecule has 0 aromatic carbocycles. The molecule has 0 radical (unpaired) electrons. The van der Waals surface area contributed by atoms with E-state index in [0.717, 1.165) is 13.0 Å². The molecule has 0 unspecified atom stereocenters. The Labute approximate surface area is 81.6 Å². The van der Waals surface area contributed by atoms with Gasteiger partial charge in [0.2, 0.25) is 0 Å². The monoisotopic (exact) mass is 196 g/mol. The molecule has 14 heavy (non-hydrogen) atoms. The van der Waals surface area contributed by atoms with Gasteiger partial charge in [-0.15, -0.1) is 0 Å². The molecule has 0 fully saturated rings. The van der Waals surface area contributed by atoms with Gasteiger partial charge in [-0.25, -0.2) is 0 Å². The number of aliphatic hydroxyl groups is 2. The average molecular weight is 196 g/mol. The highest BCUT2D eigenvalue weighted by atomic mass is 16.3. The molecule has 4 nitrogen and oxygen atoms in total. The van der Waals surface area contributed by atoms with Gasteiger partial charge in [0.05, 0.1) is 5.57 Å². The summed E-state index contributed by atoms with van der Waals surface area (Å²) in [5.41, 5.74) is -1.57. The summed E-state index contributed by atoms with van der Waals surface area (Å²) in [5.74, 6) is -1.54.